The lowest BCUT2D eigenvalue weighted by Gasteiger charge is -2.30. The fourth-order valence-electron chi connectivity index (χ4n) is 1.06. The molecule has 4 heteroatoms. The van der Waals surface area contributed by atoms with Gasteiger partial charge >= 0.3 is 0 Å². The van der Waals surface area contributed by atoms with Gasteiger partial charge in [0.2, 0.25) is 0 Å². The van der Waals surface area contributed by atoms with Crippen molar-refractivity contribution in [2.24, 2.45) is 5.92 Å². The van der Waals surface area contributed by atoms with Gasteiger partial charge in [0.25, 0.3) is 0 Å². The largest absolute Gasteiger partial charge is 0.198 e. The van der Waals surface area contributed by atoms with Crippen molar-refractivity contribution in [1.82, 2.24) is 0 Å². The number of hydrogen-bond acceptors (Lipinski definition) is 2. The zero-order valence-electron chi connectivity index (χ0n) is 8.25. The molecule has 0 radical (unpaired) electrons. The summed E-state index contributed by atoms with van der Waals surface area (Å²) >= 11 is 0. The van der Waals surface area contributed by atoms with Crippen molar-refractivity contribution in [3.05, 3.63) is 0 Å². The summed E-state index contributed by atoms with van der Waals surface area (Å²) in [6, 6.07) is 4.04. The Balaban J connectivity index is 4.30. The van der Waals surface area contributed by atoms with Crippen molar-refractivity contribution in [3.8, 4) is 12.1 Å². The van der Waals surface area contributed by atoms with Gasteiger partial charge in [0.15, 0.2) is 0 Å². The highest BCUT2D eigenvalue weighted by atomic mass is 32.3. The Kier molecular flexibility index (Phi) is 4.80. The molecule has 74 valence electrons. The first-order valence-corrected chi connectivity index (χ1v) is 6.51. The third-order valence-corrected chi connectivity index (χ3v) is 3.89. The first-order valence-electron chi connectivity index (χ1n) is 4.10. The minimum Gasteiger partial charge on any atom is -0.198 e. The van der Waals surface area contributed by atoms with Gasteiger partial charge in [-0.3, -0.25) is 0 Å². The van der Waals surface area contributed by atoms with Crippen LogP contribution in [-0.2, 0) is 0 Å². The molecule has 0 amide bonds. The van der Waals surface area contributed by atoms with Gasteiger partial charge < -0.3 is 0 Å². The lowest BCUT2D eigenvalue weighted by atomic mass is 10.1. The van der Waals surface area contributed by atoms with Crippen LogP contribution in [0, 0.1) is 28.6 Å². The van der Waals surface area contributed by atoms with Crippen LogP contribution >= 0.6 is 10.4 Å². The predicted octanol–water partition coefficient (Wildman–Crippen LogP) is 2.77. The summed E-state index contributed by atoms with van der Waals surface area (Å²) in [5.74, 6) is -0.166. The highest BCUT2D eigenvalue weighted by molar-refractivity contribution is 8.28. The van der Waals surface area contributed by atoms with Gasteiger partial charge in [-0.15, -0.1) is 0 Å². The second-order valence-electron chi connectivity index (χ2n) is 3.53. The fourth-order valence-corrected chi connectivity index (χ4v) is 2.28. The van der Waals surface area contributed by atoms with Gasteiger partial charge in [0, 0.05) is 17.6 Å². The van der Waals surface area contributed by atoms with E-state index in [0.717, 1.165) is 0 Å². The second-order valence-corrected chi connectivity index (χ2v) is 6.75. The Morgan fingerprint density at radius 2 is 1.92 bits per heavy atom. The smallest absolute Gasteiger partial charge is 0.0653 e. The number of nitriles is 2. The maximum atomic E-state index is 13.6. The van der Waals surface area contributed by atoms with Crippen molar-refractivity contribution in [3.63, 3.8) is 0 Å². The Hall–Kier alpha value is -0.740. The van der Waals surface area contributed by atoms with Crippen molar-refractivity contribution in [2.75, 3.05) is 12.5 Å². The molecule has 0 spiro atoms. The van der Waals surface area contributed by atoms with Crippen LogP contribution in [0.15, 0.2) is 0 Å². The van der Waals surface area contributed by atoms with E-state index >= 15 is 0 Å². The predicted molar refractivity (Wildman–Crippen MR) is 54.0 cm³/mol. The second kappa shape index (κ2) is 5.09. The summed E-state index contributed by atoms with van der Waals surface area (Å²) in [7, 11) is -2.21. The molecule has 0 aliphatic carbocycles. The van der Waals surface area contributed by atoms with E-state index in [4.69, 9.17) is 10.5 Å². The topological polar surface area (TPSA) is 47.6 Å². The van der Waals surface area contributed by atoms with Crippen LogP contribution in [0.3, 0.4) is 0 Å². The molecule has 2 atom stereocenters. The average molecular weight is 202 g/mol. The van der Waals surface area contributed by atoms with Crippen LogP contribution in [0.5, 0.6) is 0 Å². The molecule has 2 unspecified atom stereocenters. The summed E-state index contributed by atoms with van der Waals surface area (Å²) in [6.07, 6.45) is 3.78. The Morgan fingerprint density at radius 1 is 1.38 bits per heavy atom. The van der Waals surface area contributed by atoms with E-state index in [-0.39, 0.29) is 17.6 Å². The fraction of sp³-hybridized carbons (Fsp3) is 0.778. The molecule has 13 heavy (non-hydrogen) atoms. The van der Waals surface area contributed by atoms with E-state index in [1.54, 1.807) is 19.4 Å². The van der Waals surface area contributed by atoms with Crippen molar-refractivity contribution in [2.45, 2.75) is 25.0 Å². The first kappa shape index (κ1) is 12.3. The van der Waals surface area contributed by atoms with E-state index in [9.17, 15) is 3.89 Å². The molecule has 0 aliphatic rings. The summed E-state index contributed by atoms with van der Waals surface area (Å²) in [4.78, 5) is 0. The number of nitrogens with zero attached hydrogens (tertiary/aromatic N) is 2. The van der Waals surface area contributed by atoms with Crippen molar-refractivity contribution in [1.29, 1.82) is 10.5 Å². The van der Waals surface area contributed by atoms with Crippen LogP contribution in [0.25, 0.3) is 0 Å². The zero-order chi connectivity index (χ0) is 10.5. The molecule has 0 N–H and O–H groups in total. The van der Waals surface area contributed by atoms with Gasteiger partial charge in [-0.25, -0.2) is 0 Å². The van der Waals surface area contributed by atoms with Gasteiger partial charge in [0.1, 0.15) is 0 Å². The van der Waals surface area contributed by atoms with E-state index < -0.39 is 10.4 Å². The Labute approximate surface area is 81.0 Å². The average Bonchev–Trinajstić information content (AvgIpc) is 2.01. The van der Waals surface area contributed by atoms with Gasteiger partial charge in [0.05, 0.1) is 12.1 Å². The maximum Gasteiger partial charge on any atom is 0.0653 e. The van der Waals surface area contributed by atoms with Crippen molar-refractivity contribution < 1.29 is 3.89 Å². The van der Waals surface area contributed by atoms with E-state index in [1.165, 1.54) is 0 Å². The summed E-state index contributed by atoms with van der Waals surface area (Å²) < 4.78 is 13.6. The highest BCUT2D eigenvalue weighted by Gasteiger charge is 2.25. The molecule has 0 bridgehead atoms. The lowest BCUT2D eigenvalue weighted by molar-refractivity contribution is 0.621. The Morgan fingerprint density at radius 3 is 2.23 bits per heavy atom. The van der Waals surface area contributed by atoms with Crippen LogP contribution in [-0.4, -0.2) is 17.8 Å². The SMILES string of the molecule is CC(C#N)CC(CC#N)S(C)(C)F. The summed E-state index contributed by atoms with van der Waals surface area (Å²) in [5.41, 5.74) is 0. The highest BCUT2D eigenvalue weighted by Crippen LogP contribution is 2.50. The lowest BCUT2D eigenvalue weighted by Crippen LogP contribution is -2.15. The number of hydrogen-bond donors (Lipinski definition) is 0. The molecule has 0 aromatic carbocycles. The summed E-state index contributed by atoms with van der Waals surface area (Å²) in [6.45, 7) is 1.76. The number of halogens is 1. The van der Waals surface area contributed by atoms with Crippen LogP contribution < -0.4 is 0 Å². The molecule has 0 saturated heterocycles. The van der Waals surface area contributed by atoms with Gasteiger partial charge in [-0.1, -0.05) is 10.4 Å². The minimum atomic E-state index is -2.21. The first-order chi connectivity index (χ1) is 5.91. The number of rotatable bonds is 4. The Bertz CT molecular complexity index is 233. The summed E-state index contributed by atoms with van der Waals surface area (Å²) in [5, 5.41) is 16.8. The molecule has 0 rings (SSSR count). The zero-order valence-corrected chi connectivity index (χ0v) is 9.07. The van der Waals surface area contributed by atoms with E-state index in [0.29, 0.717) is 6.42 Å². The minimum absolute atomic E-state index is 0.166. The molecular weight excluding hydrogens is 187 g/mol. The quantitative estimate of drug-likeness (QED) is 0.703. The molecule has 0 fully saturated rings. The third kappa shape index (κ3) is 4.75. The van der Waals surface area contributed by atoms with Crippen LogP contribution in [0.4, 0.5) is 3.89 Å². The molecule has 0 heterocycles. The van der Waals surface area contributed by atoms with Gasteiger partial charge in [-0.05, 0) is 25.9 Å². The van der Waals surface area contributed by atoms with Gasteiger partial charge in [-0.2, -0.15) is 14.4 Å². The van der Waals surface area contributed by atoms with Crippen LogP contribution in [0.1, 0.15) is 19.8 Å². The molecule has 0 aromatic heterocycles. The molecule has 0 saturated carbocycles. The van der Waals surface area contributed by atoms with Crippen LogP contribution in [0.2, 0.25) is 0 Å². The van der Waals surface area contributed by atoms with E-state index in [1.807, 2.05) is 6.07 Å². The van der Waals surface area contributed by atoms with E-state index in [2.05, 4.69) is 6.07 Å². The monoisotopic (exact) mass is 202 g/mol. The molecular formula is C9H15FN2S. The standard InChI is InChI=1S/C9H15FN2S/c1-8(7-12)6-9(4-5-11)13(2,3)10/h8-9H,4,6H2,1-3H3. The van der Waals surface area contributed by atoms with Crippen molar-refractivity contribution >= 4 is 10.4 Å². The molecule has 0 aromatic rings. The third-order valence-electron chi connectivity index (χ3n) is 1.95. The normalized spacial score (nSPS) is 16.8. The molecule has 0 aliphatic heterocycles. The maximum absolute atomic E-state index is 13.6. The molecule has 2 nitrogen and oxygen atoms in total.